The van der Waals surface area contributed by atoms with Gasteiger partial charge in [-0.2, -0.15) is 16.1 Å². The van der Waals surface area contributed by atoms with Gasteiger partial charge in [-0.15, -0.1) is 0 Å². The summed E-state index contributed by atoms with van der Waals surface area (Å²) in [6, 6.07) is 2.44. The number of carboxylic acid groups (broad SMARTS) is 1. The highest BCUT2D eigenvalue weighted by atomic mass is 32.2. The average molecular weight is 335 g/mol. The molecule has 1 N–H and O–H groups in total. The normalized spacial score (nSPS) is 13.4. The average Bonchev–Trinajstić information content (AvgIpc) is 2.43. The van der Waals surface area contributed by atoms with Crippen molar-refractivity contribution in [3.63, 3.8) is 0 Å². The molecule has 0 saturated heterocycles. The van der Waals surface area contributed by atoms with Crippen molar-refractivity contribution >= 4 is 27.8 Å². The second-order valence-electron chi connectivity index (χ2n) is 4.60. The van der Waals surface area contributed by atoms with Crippen molar-refractivity contribution in [3.05, 3.63) is 29.6 Å². The maximum atomic E-state index is 13.8. The van der Waals surface area contributed by atoms with Crippen LogP contribution < -0.4 is 0 Å². The Balaban J connectivity index is 3.18. The van der Waals surface area contributed by atoms with Crippen molar-refractivity contribution in [2.75, 3.05) is 19.1 Å². The van der Waals surface area contributed by atoms with Gasteiger partial charge in [0.25, 0.3) is 0 Å². The zero-order chi connectivity index (χ0) is 16.2. The van der Waals surface area contributed by atoms with Gasteiger partial charge in [-0.05, 0) is 43.6 Å². The van der Waals surface area contributed by atoms with E-state index in [0.29, 0.717) is 6.42 Å². The van der Waals surface area contributed by atoms with Crippen LogP contribution in [0, 0.1) is 5.82 Å². The molecule has 0 saturated carbocycles. The number of sulfonamides is 1. The van der Waals surface area contributed by atoms with Crippen LogP contribution in [0.3, 0.4) is 0 Å². The Hall–Kier alpha value is -1.12. The highest BCUT2D eigenvalue weighted by Gasteiger charge is 2.28. The van der Waals surface area contributed by atoms with E-state index < -0.39 is 26.7 Å². The summed E-state index contributed by atoms with van der Waals surface area (Å²) in [4.78, 5) is 10.3. The van der Waals surface area contributed by atoms with E-state index in [1.165, 1.54) is 7.05 Å². The molecule has 1 aromatic rings. The third kappa shape index (κ3) is 4.18. The van der Waals surface area contributed by atoms with Gasteiger partial charge >= 0.3 is 5.97 Å². The summed E-state index contributed by atoms with van der Waals surface area (Å²) in [5.41, 5.74) is -0.264. The minimum atomic E-state index is -4.07. The first kappa shape index (κ1) is 17.9. The molecule has 1 aromatic carbocycles. The van der Waals surface area contributed by atoms with Crippen LogP contribution in [0.2, 0.25) is 0 Å². The van der Waals surface area contributed by atoms with Gasteiger partial charge in [-0.25, -0.2) is 17.6 Å². The van der Waals surface area contributed by atoms with Crippen LogP contribution >= 0.6 is 11.8 Å². The van der Waals surface area contributed by atoms with E-state index in [9.17, 15) is 17.6 Å². The summed E-state index contributed by atoms with van der Waals surface area (Å²) in [6.45, 7) is 1.73. The summed E-state index contributed by atoms with van der Waals surface area (Å²) in [5.74, 6) is -1.48. The van der Waals surface area contributed by atoms with Gasteiger partial charge in [0.15, 0.2) is 0 Å². The molecule has 5 nitrogen and oxygen atoms in total. The number of aromatic carboxylic acids is 1. The van der Waals surface area contributed by atoms with E-state index >= 15 is 0 Å². The van der Waals surface area contributed by atoms with Crippen LogP contribution in [0.5, 0.6) is 0 Å². The molecule has 1 unspecified atom stereocenters. The molecular formula is C13H18FNO4S2. The Bertz CT molecular complexity index is 619. The molecule has 0 aliphatic heterocycles. The van der Waals surface area contributed by atoms with Crippen LogP contribution in [0.1, 0.15) is 23.7 Å². The molecule has 0 heterocycles. The van der Waals surface area contributed by atoms with Gasteiger partial charge in [0.05, 0.1) is 5.56 Å². The molecule has 1 rings (SSSR count). The van der Waals surface area contributed by atoms with Crippen molar-refractivity contribution in [3.8, 4) is 0 Å². The summed E-state index contributed by atoms with van der Waals surface area (Å²) in [6.07, 6.45) is 2.54. The van der Waals surface area contributed by atoms with Gasteiger partial charge in [0.1, 0.15) is 10.7 Å². The first-order valence-corrected chi connectivity index (χ1v) is 9.05. The molecule has 0 bridgehead atoms. The van der Waals surface area contributed by atoms with E-state index in [1.807, 2.05) is 6.26 Å². The Kier molecular flexibility index (Phi) is 6.18. The number of thioether (sulfide) groups is 1. The molecule has 0 aliphatic rings. The van der Waals surface area contributed by atoms with Crippen LogP contribution in [0.15, 0.2) is 23.1 Å². The van der Waals surface area contributed by atoms with Crippen molar-refractivity contribution in [2.24, 2.45) is 0 Å². The largest absolute Gasteiger partial charge is 0.478 e. The minimum Gasteiger partial charge on any atom is -0.478 e. The Labute approximate surface area is 128 Å². The molecule has 21 heavy (non-hydrogen) atoms. The molecule has 8 heteroatoms. The number of rotatable bonds is 7. The summed E-state index contributed by atoms with van der Waals surface area (Å²) in [7, 11) is -2.70. The second kappa shape index (κ2) is 7.24. The van der Waals surface area contributed by atoms with E-state index in [0.717, 1.165) is 28.3 Å². The Morgan fingerprint density at radius 1 is 1.48 bits per heavy atom. The minimum absolute atomic E-state index is 0.264. The lowest BCUT2D eigenvalue weighted by molar-refractivity contribution is 0.0696. The first-order valence-electron chi connectivity index (χ1n) is 6.21. The van der Waals surface area contributed by atoms with Crippen molar-refractivity contribution < 1.29 is 22.7 Å². The summed E-state index contributed by atoms with van der Waals surface area (Å²) >= 11 is 1.59. The predicted octanol–water partition coefficient (Wildman–Crippen LogP) is 2.29. The number of nitrogens with zero attached hydrogens (tertiary/aromatic N) is 1. The maximum absolute atomic E-state index is 13.8. The number of carboxylic acids is 1. The third-order valence-corrected chi connectivity index (χ3v) is 5.83. The van der Waals surface area contributed by atoms with Crippen LogP contribution in [0.4, 0.5) is 4.39 Å². The molecule has 0 fully saturated rings. The first-order chi connectivity index (χ1) is 9.71. The quantitative estimate of drug-likeness (QED) is 0.827. The van der Waals surface area contributed by atoms with E-state index in [-0.39, 0.29) is 11.6 Å². The summed E-state index contributed by atoms with van der Waals surface area (Å²) < 4.78 is 39.7. The zero-order valence-corrected chi connectivity index (χ0v) is 13.7. The lowest BCUT2D eigenvalue weighted by Crippen LogP contribution is -2.36. The second-order valence-corrected chi connectivity index (χ2v) is 7.55. The molecule has 1 atom stereocenters. The fourth-order valence-electron chi connectivity index (χ4n) is 1.70. The van der Waals surface area contributed by atoms with Crippen LogP contribution in [-0.2, 0) is 10.0 Å². The predicted molar refractivity (Wildman–Crippen MR) is 80.8 cm³/mol. The lowest BCUT2D eigenvalue weighted by atomic mass is 10.2. The number of hydrogen-bond acceptors (Lipinski definition) is 4. The zero-order valence-electron chi connectivity index (χ0n) is 12.0. The number of benzene rings is 1. The lowest BCUT2D eigenvalue weighted by Gasteiger charge is -2.24. The van der Waals surface area contributed by atoms with Gasteiger partial charge in [0.2, 0.25) is 10.0 Å². The SMILES string of the molecule is CSCCC(C)N(C)S(=O)(=O)c1cc(C(=O)O)ccc1F. The van der Waals surface area contributed by atoms with Crippen LogP contribution in [0.25, 0.3) is 0 Å². The standard InChI is InChI=1S/C13H18FNO4S2/c1-9(6-7-20-3)15(2)21(18,19)12-8-10(13(16)17)4-5-11(12)14/h4-5,8-9H,6-7H2,1-3H3,(H,16,17). The van der Waals surface area contributed by atoms with Crippen LogP contribution in [-0.4, -0.2) is 48.9 Å². The van der Waals surface area contributed by atoms with E-state index in [1.54, 1.807) is 18.7 Å². The maximum Gasteiger partial charge on any atom is 0.335 e. The fourth-order valence-corrected chi connectivity index (χ4v) is 3.75. The molecule has 0 spiro atoms. The monoisotopic (exact) mass is 335 g/mol. The number of hydrogen-bond donors (Lipinski definition) is 1. The Morgan fingerprint density at radius 3 is 2.62 bits per heavy atom. The van der Waals surface area contributed by atoms with Gasteiger partial charge < -0.3 is 5.11 Å². The smallest absolute Gasteiger partial charge is 0.335 e. The number of halogens is 1. The Morgan fingerprint density at radius 2 is 2.10 bits per heavy atom. The van der Waals surface area contributed by atoms with Gasteiger partial charge in [0, 0.05) is 13.1 Å². The van der Waals surface area contributed by atoms with E-state index in [2.05, 4.69) is 0 Å². The topological polar surface area (TPSA) is 74.7 Å². The summed E-state index contributed by atoms with van der Waals surface area (Å²) in [5, 5.41) is 8.90. The fraction of sp³-hybridized carbons (Fsp3) is 0.462. The van der Waals surface area contributed by atoms with Crippen molar-refractivity contribution in [1.29, 1.82) is 0 Å². The highest BCUT2D eigenvalue weighted by molar-refractivity contribution is 7.98. The number of carbonyl (C=O) groups is 1. The molecule has 0 aromatic heterocycles. The van der Waals surface area contributed by atoms with Gasteiger partial charge in [-0.1, -0.05) is 0 Å². The molecular weight excluding hydrogens is 317 g/mol. The molecule has 0 radical (unpaired) electrons. The highest BCUT2D eigenvalue weighted by Crippen LogP contribution is 2.22. The van der Waals surface area contributed by atoms with E-state index in [4.69, 9.17) is 5.11 Å². The van der Waals surface area contributed by atoms with Crippen molar-refractivity contribution in [1.82, 2.24) is 4.31 Å². The third-order valence-electron chi connectivity index (χ3n) is 3.20. The van der Waals surface area contributed by atoms with Crippen molar-refractivity contribution in [2.45, 2.75) is 24.3 Å². The molecule has 0 amide bonds. The molecule has 0 aliphatic carbocycles. The molecule has 118 valence electrons. The van der Waals surface area contributed by atoms with Gasteiger partial charge in [-0.3, -0.25) is 0 Å².